The minimum absolute atomic E-state index is 0.0803. The van der Waals surface area contributed by atoms with Crippen molar-refractivity contribution in [3.63, 3.8) is 0 Å². The summed E-state index contributed by atoms with van der Waals surface area (Å²) in [5.74, 6) is -0.0768. The second-order valence-corrected chi connectivity index (χ2v) is 4.90. The van der Waals surface area contributed by atoms with E-state index < -0.39 is 0 Å². The summed E-state index contributed by atoms with van der Waals surface area (Å²) in [6.45, 7) is 2.45. The molecule has 0 radical (unpaired) electrons. The molecule has 0 bridgehead atoms. The largest absolute Gasteiger partial charge is 0.326 e. The third-order valence-corrected chi connectivity index (χ3v) is 3.56. The number of likely N-dealkylation sites (N-methyl/N-ethyl adjacent to an activating group) is 1. The number of anilines is 1. The molecule has 1 unspecified atom stereocenters. The Balaban J connectivity index is 2.15. The normalized spacial score (nSPS) is 11.9. The highest BCUT2D eigenvalue weighted by Crippen LogP contribution is 2.21. The van der Waals surface area contributed by atoms with Gasteiger partial charge in [0.15, 0.2) is 0 Å². The van der Waals surface area contributed by atoms with Gasteiger partial charge in [0, 0.05) is 19.3 Å². The molecule has 1 atom stereocenters. The highest BCUT2D eigenvalue weighted by atomic mass is 16.2. The maximum absolute atomic E-state index is 12.5. The summed E-state index contributed by atoms with van der Waals surface area (Å²) in [6.07, 6.45) is 0. The van der Waals surface area contributed by atoms with Gasteiger partial charge < -0.3 is 10.6 Å². The number of nitrogens with two attached hydrogens (primary N) is 1. The van der Waals surface area contributed by atoms with Crippen LogP contribution in [0.15, 0.2) is 54.6 Å². The standard InChI is InChI=1S/C17H20N2O/c1-13(15-6-4-3-5-7-15)17(20)19(2)16-10-8-14(12-18)9-11-16/h3-11,13H,12,18H2,1-2H3. The van der Waals surface area contributed by atoms with E-state index in [1.54, 1.807) is 11.9 Å². The molecule has 3 nitrogen and oxygen atoms in total. The predicted molar refractivity (Wildman–Crippen MR) is 82.6 cm³/mol. The number of benzene rings is 2. The molecule has 0 aliphatic rings. The van der Waals surface area contributed by atoms with Crippen LogP contribution in [0.4, 0.5) is 5.69 Å². The fraction of sp³-hybridized carbons (Fsp3) is 0.235. The lowest BCUT2D eigenvalue weighted by Gasteiger charge is -2.22. The lowest BCUT2D eigenvalue weighted by Crippen LogP contribution is -2.30. The zero-order valence-corrected chi connectivity index (χ0v) is 11.9. The molecule has 1 amide bonds. The molecule has 0 spiro atoms. The number of rotatable bonds is 4. The van der Waals surface area contributed by atoms with E-state index in [2.05, 4.69) is 0 Å². The SMILES string of the molecule is CC(C(=O)N(C)c1ccc(CN)cc1)c1ccccc1. The van der Waals surface area contributed by atoms with Crippen LogP contribution in [0.25, 0.3) is 0 Å². The van der Waals surface area contributed by atoms with Crippen molar-refractivity contribution in [1.29, 1.82) is 0 Å². The minimum Gasteiger partial charge on any atom is -0.326 e. The Morgan fingerprint density at radius 2 is 1.70 bits per heavy atom. The summed E-state index contributed by atoms with van der Waals surface area (Å²) in [5.41, 5.74) is 8.56. The maximum atomic E-state index is 12.5. The second-order valence-electron chi connectivity index (χ2n) is 4.90. The van der Waals surface area contributed by atoms with Crippen molar-refractivity contribution in [3.05, 3.63) is 65.7 Å². The fourth-order valence-electron chi connectivity index (χ4n) is 2.16. The number of nitrogens with zero attached hydrogens (tertiary/aromatic N) is 1. The Bertz CT molecular complexity index is 563. The van der Waals surface area contributed by atoms with E-state index in [-0.39, 0.29) is 11.8 Å². The van der Waals surface area contributed by atoms with Gasteiger partial charge in [-0.05, 0) is 30.2 Å². The molecule has 0 aliphatic heterocycles. The van der Waals surface area contributed by atoms with Gasteiger partial charge in [-0.25, -0.2) is 0 Å². The third kappa shape index (κ3) is 3.06. The second kappa shape index (κ2) is 6.35. The van der Waals surface area contributed by atoms with Crippen molar-refractivity contribution >= 4 is 11.6 Å². The van der Waals surface area contributed by atoms with Crippen LogP contribution < -0.4 is 10.6 Å². The summed E-state index contributed by atoms with van der Waals surface area (Å²) >= 11 is 0. The van der Waals surface area contributed by atoms with E-state index in [9.17, 15) is 4.79 Å². The number of carbonyl (C=O) groups excluding carboxylic acids is 1. The van der Waals surface area contributed by atoms with Crippen molar-refractivity contribution in [2.75, 3.05) is 11.9 Å². The van der Waals surface area contributed by atoms with Gasteiger partial charge in [-0.2, -0.15) is 0 Å². The molecule has 2 aromatic carbocycles. The molecule has 2 N–H and O–H groups in total. The Labute approximate surface area is 120 Å². The van der Waals surface area contributed by atoms with E-state index in [4.69, 9.17) is 5.73 Å². The van der Waals surface area contributed by atoms with Crippen molar-refractivity contribution in [1.82, 2.24) is 0 Å². The van der Waals surface area contributed by atoms with E-state index in [0.29, 0.717) is 6.54 Å². The van der Waals surface area contributed by atoms with E-state index in [1.165, 1.54) is 0 Å². The molecule has 0 saturated heterocycles. The van der Waals surface area contributed by atoms with Crippen LogP contribution >= 0.6 is 0 Å². The average molecular weight is 268 g/mol. The van der Waals surface area contributed by atoms with Gasteiger partial charge in [-0.1, -0.05) is 42.5 Å². The van der Waals surface area contributed by atoms with Crippen LogP contribution in [-0.4, -0.2) is 13.0 Å². The van der Waals surface area contributed by atoms with E-state index >= 15 is 0 Å². The molecule has 0 aliphatic carbocycles. The maximum Gasteiger partial charge on any atom is 0.233 e. The number of amides is 1. The Hall–Kier alpha value is -2.13. The average Bonchev–Trinajstić information content (AvgIpc) is 2.53. The summed E-state index contributed by atoms with van der Waals surface area (Å²) in [4.78, 5) is 14.2. The lowest BCUT2D eigenvalue weighted by molar-refractivity contribution is -0.119. The fourth-order valence-corrected chi connectivity index (χ4v) is 2.16. The first-order chi connectivity index (χ1) is 9.63. The Morgan fingerprint density at radius 3 is 2.25 bits per heavy atom. The first kappa shape index (κ1) is 14.3. The van der Waals surface area contributed by atoms with Crippen LogP contribution in [0.3, 0.4) is 0 Å². The Kier molecular flexibility index (Phi) is 4.53. The van der Waals surface area contributed by atoms with Gasteiger partial charge in [-0.3, -0.25) is 4.79 Å². The highest BCUT2D eigenvalue weighted by molar-refractivity contribution is 5.97. The molecule has 2 aromatic rings. The molecule has 2 rings (SSSR count). The summed E-state index contributed by atoms with van der Waals surface area (Å²) in [7, 11) is 1.80. The molecule has 0 heterocycles. The van der Waals surface area contributed by atoms with Crippen LogP contribution in [0, 0.1) is 0 Å². The van der Waals surface area contributed by atoms with Crippen LogP contribution in [-0.2, 0) is 11.3 Å². The molecular formula is C17H20N2O. The van der Waals surface area contributed by atoms with Crippen LogP contribution in [0.1, 0.15) is 24.0 Å². The zero-order valence-electron chi connectivity index (χ0n) is 11.9. The summed E-state index contributed by atoms with van der Waals surface area (Å²) < 4.78 is 0. The highest BCUT2D eigenvalue weighted by Gasteiger charge is 2.19. The molecule has 20 heavy (non-hydrogen) atoms. The van der Waals surface area contributed by atoms with Gasteiger partial charge in [0.25, 0.3) is 0 Å². The lowest BCUT2D eigenvalue weighted by atomic mass is 10.00. The number of hydrogen-bond acceptors (Lipinski definition) is 2. The third-order valence-electron chi connectivity index (χ3n) is 3.56. The van der Waals surface area contributed by atoms with Gasteiger partial charge in [-0.15, -0.1) is 0 Å². The minimum atomic E-state index is -0.157. The zero-order chi connectivity index (χ0) is 14.5. The van der Waals surface area contributed by atoms with Gasteiger partial charge in [0.1, 0.15) is 0 Å². The molecular weight excluding hydrogens is 248 g/mol. The van der Waals surface area contributed by atoms with E-state index in [1.807, 2.05) is 61.5 Å². The van der Waals surface area contributed by atoms with Crippen molar-refractivity contribution in [3.8, 4) is 0 Å². The van der Waals surface area contributed by atoms with Gasteiger partial charge in [0.05, 0.1) is 5.92 Å². The van der Waals surface area contributed by atoms with Crippen molar-refractivity contribution in [2.24, 2.45) is 5.73 Å². The topological polar surface area (TPSA) is 46.3 Å². The first-order valence-corrected chi connectivity index (χ1v) is 6.75. The molecule has 0 saturated carbocycles. The van der Waals surface area contributed by atoms with Crippen LogP contribution in [0.5, 0.6) is 0 Å². The summed E-state index contributed by atoms with van der Waals surface area (Å²) in [6, 6.07) is 17.6. The summed E-state index contributed by atoms with van der Waals surface area (Å²) in [5, 5.41) is 0. The quantitative estimate of drug-likeness (QED) is 0.926. The van der Waals surface area contributed by atoms with Gasteiger partial charge in [0.2, 0.25) is 5.91 Å². The van der Waals surface area contributed by atoms with Crippen LogP contribution in [0.2, 0.25) is 0 Å². The van der Waals surface area contributed by atoms with E-state index in [0.717, 1.165) is 16.8 Å². The molecule has 3 heteroatoms. The Morgan fingerprint density at radius 1 is 1.10 bits per heavy atom. The van der Waals surface area contributed by atoms with Gasteiger partial charge >= 0.3 is 0 Å². The van der Waals surface area contributed by atoms with Crippen molar-refractivity contribution < 1.29 is 4.79 Å². The van der Waals surface area contributed by atoms with Crippen molar-refractivity contribution in [2.45, 2.75) is 19.4 Å². The molecule has 0 aromatic heterocycles. The molecule has 0 fully saturated rings. The number of carbonyl (C=O) groups is 1. The number of hydrogen-bond donors (Lipinski definition) is 1. The smallest absolute Gasteiger partial charge is 0.233 e. The monoisotopic (exact) mass is 268 g/mol. The molecule has 104 valence electrons. The first-order valence-electron chi connectivity index (χ1n) is 6.75. The predicted octanol–water partition coefficient (Wildman–Crippen LogP) is 2.91.